The fourth-order valence-corrected chi connectivity index (χ4v) is 0.671. The van der Waals surface area contributed by atoms with Crippen LogP contribution >= 0.6 is 0 Å². The van der Waals surface area contributed by atoms with E-state index in [4.69, 9.17) is 0 Å². The maximum atomic E-state index is 11.6. The van der Waals surface area contributed by atoms with Crippen molar-refractivity contribution >= 4 is 0 Å². The molecule has 0 spiro atoms. The molecule has 1 aliphatic rings. The maximum Gasteiger partial charge on any atom is 0.290 e. The van der Waals surface area contributed by atoms with E-state index in [-0.39, 0.29) is 0 Å². The topological polar surface area (TPSA) is 0 Å². The van der Waals surface area contributed by atoms with Crippen LogP contribution in [0.15, 0.2) is 0 Å². The Morgan fingerprint density at radius 2 is 1.33 bits per heavy atom. The van der Waals surface area contributed by atoms with E-state index in [1.54, 1.807) is 0 Å². The minimum absolute atomic E-state index is 1.65. The molecule has 1 aliphatic carbocycles. The van der Waals surface area contributed by atoms with E-state index in [1.807, 2.05) is 0 Å². The molecule has 0 N–H and O–H groups in total. The van der Waals surface area contributed by atoms with Gasteiger partial charge in [0.15, 0.2) is 0 Å². The largest absolute Gasteiger partial charge is 0.290 e. The van der Waals surface area contributed by atoms with Crippen molar-refractivity contribution < 1.29 is 22.0 Å². The van der Waals surface area contributed by atoms with Crippen molar-refractivity contribution in [2.24, 2.45) is 0 Å². The Kier molecular flexibility index (Phi) is 1.04. The van der Waals surface area contributed by atoms with Crippen LogP contribution in [0.4, 0.5) is 22.0 Å². The van der Waals surface area contributed by atoms with E-state index < -0.39 is 24.4 Å². The zero-order chi connectivity index (χ0) is 7.28. The molecule has 1 rings (SSSR count). The van der Waals surface area contributed by atoms with Crippen LogP contribution in [-0.2, 0) is 0 Å². The van der Waals surface area contributed by atoms with Crippen molar-refractivity contribution in [1.29, 1.82) is 0 Å². The molecule has 1 saturated carbocycles. The molecule has 1 fully saturated rings. The highest BCUT2D eigenvalue weighted by atomic mass is 19.3. The van der Waals surface area contributed by atoms with Gasteiger partial charge in [0.25, 0.3) is 11.8 Å². The van der Waals surface area contributed by atoms with Gasteiger partial charge in [0.1, 0.15) is 0 Å². The number of halogens is 5. The highest BCUT2D eigenvalue weighted by molar-refractivity contribution is 5.02. The van der Waals surface area contributed by atoms with Gasteiger partial charge in [-0.15, -0.1) is 0 Å². The van der Waals surface area contributed by atoms with Gasteiger partial charge in [-0.1, -0.05) is 0 Å². The average Bonchev–Trinajstić information content (AvgIpc) is 1.63. The molecule has 0 amide bonds. The zero-order valence-corrected chi connectivity index (χ0v) is 4.17. The summed E-state index contributed by atoms with van der Waals surface area (Å²) in [5.74, 6) is -7.60. The first-order valence-corrected chi connectivity index (χ1v) is 2.26. The fraction of sp³-hybridized carbons (Fsp3) is 1.00. The molecule has 0 nitrogen and oxygen atoms in total. The number of rotatable bonds is 0. The summed E-state index contributed by atoms with van der Waals surface area (Å²) in [6, 6.07) is 0. The standard InChI is InChI=1S/C4H3F5/c5-2-3(6,7)1-4(2,8)9/h2H,1H2. The molecule has 0 heterocycles. The summed E-state index contributed by atoms with van der Waals surface area (Å²) in [5.41, 5.74) is 0. The van der Waals surface area contributed by atoms with E-state index in [0.29, 0.717) is 0 Å². The van der Waals surface area contributed by atoms with Gasteiger partial charge in [-0.3, -0.25) is 0 Å². The molecular formula is C4H3F5. The Morgan fingerprint density at radius 1 is 1.00 bits per heavy atom. The molecule has 0 aromatic heterocycles. The highest BCUT2D eigenvalue weighted by Gasteiger charge is 2.69. The number of hydrogen-bond donors (Lipinski definition) is 0. The molecule has 54 valence electrons. The van der Waals surface area contributed by atoms with Crippen LogP contribution in [0.25, 0.3) is 0 Å². The third-order valence-corrected chi connectivity index (χ3v) is 1.21. The quantitative estimate of drug-likeness (QED) is 0.458. The average molecular weight is 146 g/mol. The van der Waals surface area contributed by atoms with Gasteiger partial charge in [-0.05, 0) is 0 Å². The van der Waals surface area contributed by atoms with Crippen molar-refractivity contribution in [2.45, 2.75) is 24.4 Å². The summed E-state index contributed by atoms with van der Waals surface area (Å²) in [7, 11) is 0. The Hall–Kier alpha value is -0.350. The third-order valence-electron chi connectivity index (χ3n) is 1.21. The number of hydrogen-bond acceptors (Lipinski definition) is 0. The van der Waals surface area contributed by atoms with Gasteiger partial charge in [-0.25, -0.2) is 22.0 Å². The second-order valence-electron chi connectivity index (χ2n) is 2.06. The molecule has 0 radical (unpaired) electrons. The van der Waals surface area contributed by atoms with Gasteiger partial charge >= 0.3 is 0 Å². The molecule has 9 heavy (non-hydrogen) atoms. The van der Waals surface area contributed by atoms with Crippen LogP contribution in [-0.4, -0.2) is 18.0 Å². The lowest BCUT2D eigenvalue weighted by atomic mass is 9.87. The monoisotopic (exact) mass is 146 g/mol. The molecule has 0 aromatic carbocycles. The van der Waals surface area contributed by atoms with E-state index in [2.05, 4.69) is 0 Å². The van der Waals surface area contributed by atoms with Crippen molar-refractivity contribution in [1.82, 2.24) is 0 Å². The van der Waals surface area contributed by atoms with Crippen molar-refractivity contribution in [2.75, 3.05) is 0 Å². The Bertz CT molecular complexity index is 115. The van der Waals surface area contributed by atoms with E-state index in [0.717, 1.165) is 0 Å². The highest BCUT2D eigenvalue weighted by Crippen LogP contribution is 2.51. The molecular weight excluding hydrogens is 143 g/mol. The molecule has 0 bridgehead atoms. The van der Waals surface area contributed by atoms with Crippen molar-refractivity contribution in [3.8, 4) is 0 Å². The summed E-state index contributed by atoms with van der Waals surface area (Å²) < 4.78 is 57.9. The minimum Gasteiger partial charge on any atom is -0.234 e. The van der Waals surface area contributed by atoms with Crippen LogP contribution in [0.1, 0.15) is 6.42 Å². The fourth-order valence-electron chi connectivity index (χ4n) is 0.671. The van der Waals surface area contributed by atoms with Crippen LogP contribution < -0.4 is 0 Å². The van der Waals surface area contributed by atoms with Gasteiger partial charge in [0.05, 0.1) is 6.42 Å². The molecule has 0 saturated heterocycles. The predicted octanol–water partition coefficient (Wildman–Crippen LogP) is 2.00. The normalized spacial score (nSPS) is 31.7. The van der Waals surface area contributed by atoms with Crippen LogP contribution in [0.2, 0.25) is 0 Å². The van der Waals surface area contributed by atoms with E-state index in [1.165, 1.54) is 0 Å². The van der Waals surface area contributed by atoms with Crippen LogP contribution in [0, 0.1) is 0 Å². The predicted molar refractivity (Wildman–Crippen MR) is 19.4 cm³/mol. The van der Waals surface area contributed by atoms with E-state index >= 15 is 0 Å². The Morgan fingerprint density at radius 3 is 1.33 bits per heavy atom. The summed E-state index contributed by atoms with van der Waals surface area (Å²) in [5, 5.41) is 0. The molecule has 0 aliphatic heterocycles. The SMILES string of the molecule is FC1C(F)(F)CC1(F)F. The van der Waals surface area contributed by atoms with Gasteiger partial charge < -0.3 is 0 Å². The lowest BCUT2D eigenvalue weighted by molar-refractivity contribution is -0.286. The van der Waals surface area contributed by atoms with Crippen molar-refractivity contribution in [3.63, 3.8) is 0 Å². The van der Waals surface area contributed by atoms with Gasteiger partial charge in [-0.2, -0.15) is 0 Å². The summed E-state index contributed by atoms with van der Waals surface area (Å²) in [6.45, 7) is 0. The lowest BCUT2D eigenvalue weighted by Crippen LogP contribution is -2.58. The minimum atomic E-state index is -3.80. The van der Waals surface area contributed by atoms with Gasteiger partial charge in [0.2, 0.25) is 6.17 Å². The second-order valence-corrected chi connectivity index (χ2v) is 2.06. The second kappa shape index (κ2) is 1.38. The van der Waals surface area contributed by atoms with Crippen LogP contribution in [0.5, 0.6) is 0 Å². The maximum absolute atomic E-state index is 11.6. The van der Waals surface area contributed by atoms with E-state index in [9.17, 15) is 22.0 Å². The van der Waals surface area contributed by atoms with Crippen LogP contribution in [0.3, 0.4) is 0 Å². The Balaban J connectivity index is 2.62. The summed E-state index contributed by atoms with van der Waals surface area (Å²) in [6.07, 6.45) is -4.92. The number of alkyl halides is 5. The third kappa shape index (κ3) is 0.784. The summed E-state index contributed by atoms with van der Waals surface area (Å²) in [4.78, 5) is 0. The zero-order valence-electron chi connectivity index (χ0n) is 4.17. The summed E-state index contributed by atoms with van der Waals surface area (Å²) >= 11 is 0. The lowest BCUT2D eigenvalue weighted by Gasteiger charge is -2.38. The van der Waals surface area contributed by atoms with Gasteiger partial charge in [0, 0.05) is 0 Å². The molecule has 0 atom stereocenters. The van der Waals surface area contributed by atoms with Crippen molar-refractivity contribution in [3.05, 3.63) is 0 Å². The first-order chi connectivity index (χ1) is 3.86. The first kappa shape index (κ1) is 6.77. The Labute approximate surface area is 47.7 Å². The molecule has 5 heteroatoms. The molecule has 0 unspecified atom stereocenters. The smallest absolute Gasteiger partial charge is 0.234 e. The molecule has 0 aromatic rings. The first-order valence-electron chi connectivity index (χ1n) is 2.26.